The largest absolute Gasteiger partial charge is 0.493 e. The van der Waals surface area contributed by atoms with Crippen LogP contribution in [0.2, 0.25) is 0 Å². The van der Waals surface area contributed by atoms with Crippen molar-refractivity contribution in [3.05, 3.63) is 47.3 Å². The zero-order valence-corrected chi connectivity index (χ0v) is 19.5. The van der Waals surface area contributed by atoms with Crippen molar-refractivity contribution in [2.75, 3.05) is 50.2 Å². The maximum atomic E-state index is 5.59. The third-order valence-electron chi connectivity index (χ3n) is 7.00. The second kappa shape index (κ2) is 8.49. The predicted molar refractivity (Wildman–Crippen MR) is 130 cm³/mol. The van der Waals surface area contributed by atoms with E-state index >= 15 is 0 Å². The number of anilines is 2. The number of benzene rings is 2. The first-order chi connectivity index (χ1) is 15.6. The summed E-state index contributed by atoms with van der Waals surface area (Å²) in [6.45, 7) is 8.22. The number of ether oxygens (including phenoxy) is 2. The van der Waals surface area contributed by atoms with Gasteiger partial charge in [0.1, 0.15) is 11.6 Å². The van der Waals surface area contributed by atoms with Gasteiger partial charge in [-0.15, -0.1) is 0 Å². The van der Waals surface area contributed by atoms with E-state index < -0.39 is 0 Å². The third-order valence-corrected chi connectivity index (χ3v) is 7.00. The lowest BCUT2D eigenvalue weighted by atomic mass is 9.85. The van der Waals surface area contributed by atoms with Crippen LogP contribution in [-0.4, -0.2) is 50.4 Å². The van der Waals surface area contributed by atoms with Crippen molar-refractivity contribution in [2.24, 2.45) is 0 Å². The van der Waals surface area contributed by atoms with Gasteiger partial charge in [-0.25, -0.2) is 9.97 Å². The predicted octanol–water partition coefficient (Wildman–Crippen LogP) is 4.86. The molecule has 2 aliphatic rings. The molecule has 1 aliphatic heterocycles. The molecule has 1 aromatic heterocycles. The van der Waals surface area contributed by atoms with Gasteiger partial charge in [0.2, 0.25) is 0 Å². The van der Waals surface area contributed by atoms with Crippen molar-refractivity contribution in [1.82, 2.24) is 9.97 Å². The smallest absolute Gasteiger partial charge is 0.162 e. The van der Waals surface area contributed by atoms with Gasteiger partial charge in [0.25, 0.3) is 0 Å². The highest BCUT2D eigenvalue weighted by Gasteiger charge is 2.27. The van der Waals surface area contributed by atoms with E-state index in [1.807, 2.05) is 12.1 Å². The van der Waals surface area contributed by atoms with Crippen LogP contribution in [0.3, 0.4) is 0 Å². The van der Waals surface area contributed by atoms with Crippen LogP contribution >= 0.6 is 0 Å². The Morgan fingerprint density at radius 1 is 0.844 bits per heavy atom. The lowest BCUT2D eigenvalue weighted by molar-refractivity contribution is 0.355. The normalized spacial score (nSPS) is 16.9. The van der Waals surface area contributed by atoms with E-state index in [0.29, 0.717) is 11.7 Å². The average molecular weight is 433 g/mol. The Kier molecular flexibility index (Phi) is 5.53. The van der Waals surface area contributed by atoms with E-state index in [-0.39, 0.29) is 0 Å². The van der Waals surface area contributed by atoms with Gasteiger partial charge in [0, 0.05) is 49.2 Å². The lowest BCUT2D eigenvalue weighted by Crippen LogP contribution is -2.47. The van der Waals surface area contributed by atoms with Crippen LogP contribution in [0.25, 0.3) is 10.9 Å². The van der Waals surface area contributed by atoms with Gasteiger partial charge in [-0.2, -0.15) is 0 Å². The van der Waals surface area contributed by atoms with Gasteiger partial charge in [0.15, 0.2) is 11.5 Å². The minimum atomic E-state index is 0.474. The highest BCUT2D eigenvalue weighted by molar-refractivity contribution is 5.92. The molecule has 1 aliphatic carbocycles. The van der Waals surface area contributed by atoms with E-state index in [4.69, 9.17) is 19.4 Å². The number of para-hydroxylation sites is 1. The monoisotopic (exact) mass is 432 g/mol. The number of hydrogen-bond donors (Lipinski definition) is 0. The zero-order valence-electron chi connectivity index (χ0n) is 19.5. The van der Waals surface area contributed by atoms with Gasteiger partial charge in [0.05, 0.1) is 19.7 Å². The summed E-state index contributed by atoms with van der Waals surface area (Å²) in [5, 5.41) is 1.03. The van der Waals surface area contributed by atoms with Crippen LogP contribution in [0.4, 0.5) is 11.5 Å². The van der Waals surface area contributed by atoms with Crippen LogP contribution in [0, 0.1) is 13.8 Å². The molecule has 0 atom stereocenters. The van der Waals surface area contributed by atoms with E-state index in [2.05, 4.69) is 41.8 Å². The molecular weight excluding hydrogens is 400 g/mol. The molecule has 0 unspecified atom stereocenters. The molecule has 0 radical (unpaired) electrons. The van der Waals surface area contributed by atoms with E-state index in [0.717, 1.165) is 54.5 Å². The molecule has 3 aromatic rings. The Labute approximate surface area is 190 Å². The fraction of sp³-hybridized carbons (Fsp3) is 0.462. The SMILES string of the molecule is COc1cc2nc(C3CCC3)nc(N3CCN(c4c(C)cccc4C)CC3)c2cc1OC. The summed E-state index contributed by atoms with van der Waals surface area (Å²) in [5.74, 6) is 3.91. The Morgan fingerprint density at radius 3 is 2.06 bits per heavy atom. The van der Waals surface area contributed by atoms with Gasteiger partial charge >= 0.3 is 0 Å². The topological polar surface area (TPSA) is 50.7 Å². The first-order valence-electron chi connectivity index (χ1n) is 11.6. The minimum Gasteiger partial charge on any atom is -0.493 e. The fourth-order valence-electron chi connectivity index (χ4n) is 4.99. The summed E-state index contributed by atoms with van der Waals surface area (Å²) in [7, 11) is 3.35. The molecule has 2 fully saturated rings. The van der Waals surface area contributed by atoms with Crippen LogP contribution in [0.5, 0.6) is 11.5 Å². The second-order valence-corrected chi connectivity index (χ2v) is 8.97. The molecule has 2 heterocycles. The van der Waals surface area contributed by atoms with Crippen molar-refractivity contribution in [2.45, 2.75) is 39.0 Å². The maximum absolute atomic E-state index is 5.59. The summed E-state index contributed by atoms with van der Waals surface area (Å²) >= 11 is 0. The lowest BCUT2D eigenvalue weighted by Gasteiger charge is -2.38. The molecular formula is C26H32N4O2. The molecule has 6 nitrogen and oxygen atoms in total. The summed E-state index contributed by atoms with van der Waals surface area (Å²) < 4.78 is 11.1. The Balaban J connectivity index is 1.50. The number of aryl methyl sites for hydroxylation is 2. The number of hydrogen-bond acceptors (Lipinski definition) is 6. The highest BCUT2D eigenvalue weighted by atomic mass is 16.5. The van der Waals surface area contributed by atoms with Crippen molar-refractivity contribution in [1.29, 1.82) is 0 Å². The first kappa shape index (κ1) is 20.9. The van der Waals surface area contributed by atoms with Gasteiger partial charge < -0.3 is 19.3 Å². The molecule has 0 amide bonds. The first-order valence-corrected chi connectivity index (χ1v) is 11.6. The van der Waals surface area contributed by atoms with E-state index in [1.165, 1.54) is 36.1 Å². The highest BCUT2D eigenvalue weighted by Crippen LogP contribution is 2.40. The molecule has 32 heavy (non-hydrogen) atoms. The van der Waals surface area contributed by atoms with Gasteiger partial charge in [-0.3, -0.25) is 0 Å². The Morgan fingerprint density at radius 2 is 1.47 bits per heavy atom. The number of rotatable bonds is 5. The molecule has 0 spiro atoms. The Bertz CT molecular complexity index is 1110. The molecule has 0 bridgehead atoms. The standard InChI is InChI=1S/C26H32N4O2/c1-17-7-5-8-18(2)24(17)29-11-13-30(14-12-29)26-20-15-22(31-3)23(32-4)16-21(20)27-25(28-26)19-9-6-10-19/h5,7-8,15-16,19H,6,9-14H2,1-4H3. The van der Waals surface area contributed by atoms with Crippen LogP contribution in [0.15, 0.2) is 30.3 Å². The van der Waals surface area contributed by atoms with Crippen LogP contribution < -0.4 is 19.3 Å². The summed E-state index contributed by atoms with van der Waals surface area (Å²) in [4.78, 5) is 15.0. The molecule has 1 saturated carbocycles. The molecule has 0 N–H and O–H groups in total. The number of methoxy groups -OCH3 is 2. The summed E-state index contributed by atoms with van der Waals surface area (Å²) in [6.07, 6.45) is 3.62. The quantitative estimate of drug-likeness (QED) is 0.574. The summed E-state index contributed by atoms with van der Waals surface area (Å²) in [6, 6.07) is 10.6. The molecule has 1 saturated heterocycles. The third kappa shape index (κ3) is 3.61. The van der Waals surface area contributed by atoms with E-state index in [9.17, 15) is 0 Å². The van der Waals surface area contributed by atoms with Crippen LogP contribution in [0.1, 0.15) is 42.1 Å². The van der Waals surface area contributed by atoms with Crippen molar-refractivity contribution < 1.29 is 9.47 Å². The van der Waals surface area contributed by atoms with Crippen molar-refractivity contribution in [3.8, 4) is 11.5 Å². The number of piperazine rings is 1. The molecule has 6 heteroatoms. The molecule has 168 valence electrons. The maximum Gasteiger partial charge on any atom is 0.162 e. The number of nitrogens with zero attached hydrogens (tertiary/aromatic N) is 4. The van der Waals surface area contributed by atoms with E-state index in [1.54, 1.807) is 14.2 Å². The Hall–Kier alpha value is -3.02. The van der Waals surface area contributed by atoms with Crippen molar-refractivity contribution in [3.63, 3.8) is 0 Å². The molecule has 5 rings (SSSR count). The summed E-state index contributed by atoms with van der Waals surface area (Å²) in [5.41, 5.74) is 5.00. The van der Waals surface area contributed by atoms with Gasteiger partial charge in [-0.05, 0) is 43.9 Å². The minimum absolute atomic E-state index is 0.474. The van der Waals surface area contributed by atoms with Gasteiger partial charge in [-0.1, -0.05) is 24.6 Å². The fourth-order valence-corrected chi connectivity index (χ4v) is 4.99. The number of aromatic nitrogens is 2. The number of fused-ring (bicyclic) bond motifs is 1. The average Bonchev–Trinajstić information content (AvgIpc) is 2.77. The van der Waals surface area contributed by atoms with Crippen LogP contribution in [-0.2, 0) is 0 Å². The zero-order chi connectivity index (χ0) is 22.2. The molecule has 2 aromatic carbocycles. The second-order valence-electron chi connectivity index (χ2n) is 8.97. The van der Waals surface area contributed by atoms with Crippen molar-refractivity contribution >= 4 is 22.4 Å².